The van der Waals surface area contributed by atoms with Crippen LogP contribution < -0.4 is 10.9 Å². The van der Waals surface area contributed by atoms with E-state index in [0.29, 0.717) is 34.4 Å². The maximum atomic E-state index is 13.9. The van der Waals surface area contributed by atoms with Crippen LogP contribution in [-0.4, -0.2) is 25.2 Å². The molecular weight excluding hydrogens is 438 g/mol. The molecule has 178 valence electrons. The molecule has 4 aromatic rings. The summed E-state index contributed by atoms with van der Waals surface area (Å²) in [6.07, 6.45) is 6.85. The second kappa shape index (κ2) is 10.8. The van der Waals surface area contributed by atoms with Gasteiger partial charge in [-0.1, -0.05) is 55.9 Å². The zero-order chi connectivity index (χ0) is 24.8. The van der Waals surface area contributed by atoms with Gasteiger partial charge >= 0.3 is 0 Å². The molecule has 4 rings (SSSR count). The maximum Gasteiger partial charge on any atom is 0.267 e. The van der Waals surface area contributed by atoms with Gasteiger partial charge in [0.25, 0.3) is 5.56 Å². The summed E-state index contributed by atoms with van der Waals surface area (Å²) in [5.74, 6) is 6.64. The summed E-state index contributed by atoms with van der Waals surface area (Å²) in [6.45, 7) is 3.96. The van der Waals surface area contributed by atoms with Crippen LogP contribution in [-0.2, 0) is 11.8 Å². The van der Waals surface area contributed by atoms with Crippen molar-refractivity contribution in [2.24, 2.45) is 7.05 Å². The number of aromatic nitrogens is 4. The van der Waals surface area contributed by atoms with E-state index in [1.807, 2.05) is 62.6 Å². The van der Waals surface area contributed by atoms with Crippen molar-refractivity contribution in [3.05, 3.63) is 88.2 Å². The Labute approximate surface area is 204 Å². The lowest BCUT2D eigenvalue weighted by Crippen LogP contribution is -2.33. The Bertz CT molecular complexity index is 1460. The largest absolute Gasteiger partial charge is 0.346 e. The second-order valence-corrected chi connectivity index (χ2v) is 8.54. The molecule has 1 unspecified atom stereocenters. The highest BCUT2D eigenvalue weighted by Gasteiger charge is 2.20. The number of benzene rings is 2. The van der Waals surface area contributed by atoms with Crippen LogP contribution in [0.5, 0.6) is 0 Å². The minimum atomic E-state index is -0.452. The maximum absolute atomic E-state index is 13.9. The van der Waals surface area contributed by atoms with E-state index >= 15 is 0 Å². The predicted octanol–water partition coefficient (Wildman–Crippen LogP) is 4.28. The molecule has 7 heteroatoms. The van der Waals surface area contributed by atoms with Crippen molar-refractivity contribution in [3.8, 4) is 17.5 Å². The third-order valence-electron chi connectivity index (χ3n) is 5.76. The number of nitrogens with zero attached hydrogens (tertiary/aromatic N) is 4. The number of aryl methyl sites for hydroxylation is 1. The predicted molar refractivity (Wildman–Crippen MR) is 137 cm³/mol. The quantitative estimate of drug-likeness (QED) is 0.325. The van der Waals surface area contributed by atoms with Gasteiger partial charge in [0, 0.05) is 25.2 Å². The molecule has 0 radical (unpaired) electrons. The molecule has 0 aliphatic rings. The molecule has 7 nitrogen and oxygen atoms in total. The molecule has 1 atom stereocenters. The van der Waals surface area contributed by atoms with Gasteiger partial charge in [0.2, 0.25) is 5.91 Å². The highest BCUT2D eigenvalue weighted by Crippen LogP contribution is 2.20. The number of rotatable bonds is 7. The lowest BCUT2D eigenvalue weighted by molar-refractivity contribution is -0.121. The Balaban J connectivity index is 1.82. The Morgan fingerprint density at radius 1 is 1.09 bits per heavy atom. The monoisotopic (exact) mass is 467 g/mol. The SMILES string of the molecule is CCCCCC(=O)NC(C)c1nc2cccc(C#Cc3cnn(C)c3)c2c(=O)n1-c1ccccc1. The molecule has 1 N–H and O–H groups in total. The van der Waals surface area contributed by atoms with Crippen molar-refractivity contribution in [3.63, 3.8) is 0 Å². The highest BCUT2D eigenvalue weighted by atomic mass is 16.1. The molecule has 0 saturated carbocycles. The molecule has 35 heavy (non-hydrogen) atoms. The van der Waals surface area contributed by atoms with E-state index in [1.54, 1.807) is 21.5 Å². The van der Waals surface area contributed by atoms with Crippen molar-refractivity contribution >= 4 is 16.8 Å². The molecule has 0 fully saturated rings. The zero-order valence-corrected chi connectivity index (χ0v) is 20.3. The van der Waals surface area contributed by atoms with Crippen molar-refractivity contribution in [1.29, 1.82) is 0 Å². The van der Waals surface area contributed by atoms with Crippen LogP contribution in [0.15, 0.2) is 65.7 Å². The summed E-state index contributed by atoms with van der Waals surface area (Å²) in [5.41, 5.74) is 2.36. The zero-order valence-electron chi connectivity index (χ0n) is 20.3. The van der Waals surface area contributed by atoms with E-state index < -0.39 is 6.04 Å². The lowest BCUT2D eigenvalue weighted by Gasteiger charge is -2.20. The number of carbonyl (C=O) groups is 1. The van der Waals surface area contributed by atoms with Crippen LogP contribution in [0.1, 0.15) is 62.5 Å². The molecular formula is C28H29N5O2. The second-order valence-electron chi connectivity index (χ2n) is 8.54. The number of hydrogen-bond donors (Lipinski definition) is 1. The van der Waals surface area contributed by atoms with E-state index in [9.17, 15) is 9.59 Å². The van der Waals surface area contributed by atoms with Gasteiger partial charge in [-0.25, -0.2) is 4.98 Å². The van der Waals surface area contributed by atoms with Crippen molar-refractivity contribution < 1.29 is 4.79 Å². The first-order valence-corrected chi connectivity index (χ1v) is 11.9. The number of carbonyl (C=O) groups excluding carboxylic acids is 1. The average Bonchev–Trinajstić information content (AvgIpc) is 3.28. The minimum absolute atomic E-state index is 0.0454. The van der Waals surface area contributed by atoms with Gasteiger partial charge in [0.1, 0.15) is 5.82 Å². The lowest BCUT2D eigenvalue weighted by atomic mass is 10.1. The fourth-order valence-electron chi connectivity index (χ4n) is 4.01. The molecule has 2 aromatic carbocycles. The van der Waals surface area contributed by atoms with Gasteiger partial charge in [-0.15, -0.1) is 0 Å². The molecule has 0 aliphatic heterocycles. The Morgan fingerprint density at radius 2 is 1.89 bits per heavy atom. The smallest absolute Gasteiger partial charge is 0.267 e. The van der Waals surface area contributed by atoms with Gasteiger partial charge in [-0.3, -0.25) is 18.8 Å². The summed E-state index contributed by atoms with van der Waals surface area (Å²) < 4.78 is 3.26. The molecule has 0 spiro atoms. The van der Waals surface area contributed by atoms with E-state index in [4.69, 9.17) is 4.98 Å². The third kappa shape index (κ3) is 5.49. The van der Waals surface area contributed by atoms with E-state index in [0.717, 1.165) is 24.8 Å². The number of amides is 1. The van der Waals surface area contributed by atoms with Gasteiger partial charge in [-0.05, 0) is 37.6 Å². The first-order valence-electron chi connectivity index (χ1n) is 11.9. The number of para-hydroxylation sites is 1. The van der Waals surface area contributed by atoms with Crippen LogP contribution in [0, 0.1) is 11.8 Å². The minimum Gasteiger partial charge on any atom is -0.346 e. The van der Waals surface area contributed by atoms with Crippen LogP contribution in [0.2, 0.25) is 0 Å². The number of nitrogens with one attached hydrogen (secondary N) is 1. The number of unbranched alkanes of at least 4 members (excludes halogenated alkanes) is 2. The summed E-state index contributed by atoms with van der Waals surface area (Å²) in [6, 6.07) is 14.4. The topological polar surface area (TPSA) is 81.8 Å². The van der Waals surface area contributed by atoms with E-state index in [-0.39, 0.29) is 11.5 Å². The van der Waals surface area contributed by atoms with Crippen LogP contribution in [0.3, 0.4) is 0 Å². The molecule has 0 bridgehead atoms. The van der Waals surface area contributed by atoms with Gasteiger partial charge < -0.3 is 5.32 Å². The van der Waals surface area contributed by atoms with E-state index in [1.165, 1.54) is 0 Å². The average molecular weight is 468 g/mol. The normalized spacial score (nSPS) is 11.6. The molecule has 2 aromatic heterocycles. The van der Waals surface area contributed by atoms with E-state index in [2.05, 4.69) is 29.2 Å². The fraction of sp³-hybridized carbons (Fsp3) is 0.286. The fourth-order valence-corrected chi connectivity index (χ4v) is 4.01. The Hall–Kier alpha value is -4.18. The summed E-state index contributed by atoms with van der Waals surface area (Å²) in [4.78, 5) is 31.3. The first-order chi connectivity index (χ1) is 17.0. The van der Waals surface area contributed by atoms with Gasteiger partial charge in [0.15, 0.2) is 0 Å². The van der Waals surface area contributed by atoms with Gasteiger partial charge in [-0.2, -0.15) is 5.10 Å². The van der Waals surface area contributed by atoms with Crippen molar-refractivity contribution in [2.75, 3.05) is 0 Å². The Kier molecular flexibility index (Phi) is 7.41. The molecule has 2 heterocycles. The first kappa shape index (κ1) is 24.0. The molecule has 0 saturated heterocycles. The van der Waals surface area contributed by atoms with Crippen LogP contribution in [0.25, 0.3) is 16.6 Å². The van der Waals surface area contributed by atoms with Gasteiger partial charge in [0.05, 0.1) is 34.4 Å². The summed E-state index contributed by atoms with van der Waals surface area (Å²) >= 11 is 0. The highest BCUT2D eigenvalue weighted by molar-refractivity contribution is 5.85. The van der Waals surface area contributed by atoms with Crippen LogP contribution >= 0.6 is 0 Å². The Morgan fingerprint density at radius 3 is 2.60 bits per heavy atom. The van der Waals surface area contributed by atoms with Crippen molar-refractivity contribution in [2.45, 2.75) is 45.6 Å². The molecule has 0 aliphatic carbocycles. The third-order valence-corrected chi connectivity index (χ3v) is 5.76. The van der Waals surface area contributed by atoms with Crippen molar-refractivity contribution in [1.82, 2.24) is 24.6 Å². The molecule has 1 amide bonds. The summed E-state index contributed by atoms with van der Waals surface area (Å²) in [5, 5.41) is 7.61. The number of fused-ring (bicyclic) bond motifs is 1. The number of hydrogen-bond acceptors (Lipinski definition) is 4. The summed E-state index contributed by atoms with van der Waals surface area (Å²) in [7, 11) is 1.83. The standard InChI is InChI=1S/C28H29N5O2/c1-4-5-7-15-25(34)30-20(2)27-31-24-14-10-11-22(17-16-21-18-29-32(3)19-21)26(24)28(35)33(27)23-12-8-6-9-13-23/h6,8-14,18-20H,4-5,7,15H2,1-3H3,(H,30,34). The van der Waals surface area contributed by atoms with Crippen LogP contribution in [0.4, 0.5) is 0 Å².